The molecule has 3 rings (SSSR count). The number of hydrogen-bond acceptors (Lipinski definition) is 5. The molecular formula is C23H17Cl2N3O4. The number of nitrogens with zero attached hydrogens (tertiary/aromatic N) is 1. The number of carbonyl (C=O) groups excluding carboxylic acids is 3. The van der Waals surface area contributed by atoms with Crippen LogP contribution in [-0.4, -0.2) is 24.0 Å². The molecule has 0 fully saturated rings. The van der Waals surface area contributed by atoms with Crippen LogP contribution < -0.4 is 15.5 Å². The minimum atomic E-state index is -0.978. The molecule has 0 aliphatic heterocycles. The van der Waals surface area contributed by atoms with Crippen molar-refractivity contribution in [3.8, 4) is 5.75 Å². The summed E-state index contributed by atoms with van der Waals surface area (Å²) in [6.45, 7) is 1.82. The average Bonchev–Trinajstić information content (AvgIpc) is 2.77. The molecule has 0 saturated carbocycles. The van der Waals surface area contributed by atoms with Gasteiger partial charge in [-0.3, -0.25) is 9.59 Å². The lowest BCUT2D eigenvalue weighted by atomic mass is 10.2. The summed E-state index contributed by atoms with van der Waals surface area (Å²) in [5.41, 5.74) is 4.09. The molecule has 0 heterocycles. The molecule has 3 aromatic carbocycles. The van der Waals surface area contributed by atoms with Crippen molar-refractivity contribution in [2.75, 3.05) is 5.32 Å². The van der Waals surface area contributed by atoms with Gasteiger partial charge in [0.25, 0.3) is 0 Å². The van der Waals surface area contributed by atoms with E-state index in [1.165, 1.54) is 12.3 Å². The Morgan fingerprint density at radius 2 is 1.66 bits per heavy atom. The maximum atomic E-state index is 12.3. The third-order valence-electron chi connectivity index (χ3n) is 4.21. The van der Waals surface area contributed by atoms with Gasteiger partial charge in [0.15, 0.2) is 0 Å². The highest BCUT2D eigenvalue weighted by Crippen LogP contribution is 2.20. The summed E-state index contributed by atoms with van der Waals surface area (Å²) in [6.07, 6.45) is 1.26. The summed E-state index contributed by atoms with van der Waals surface area (Å²) in [5, 5.41) is 7.16. The molecule has 0 radical (unpaired) electrons. The summed E-state index contributed by atoms with van der Waals surface area (Å²) in [6, 6.07) is 17.7. The molecule has 0 atom stereocenters. The minimum Gasteiger partial charge on any atom is -0.422 e. The first-order chi connectivity index (χ1) is 15.3. The number of halogens is 2. The van der Waals surface area contributed by atoms with Crippen molar-refractivity contribution in [3.63, 3.8) is 0 Å². The van der Waals surface area contributed by atoms with Gasteiger partial charge in [-0.1, -0.05) is 41.4 Å². The molecule has 0 aliphatic rings. The Balaban J connectivity index is 1.62. The van der Waals surface area contributed by atoms with Gasteiger partial charge < -0.3 is 10.1 Å². The second-order valence-electron chi connectivity index (χ2n) is 6.55. The van der Waals surface area contributed by atoms with E-state index in [1.54, 1.807) is 60.7 Å². The third kappa shape index (κ3) is 6.16. The molecular weight excluding hydrogens is 453 g/mol. The van der Waals surface area contributed by atoms with E-state index in [4.69, 9.17) is 27.9 Å². The molecule has 7 nitrogen and oxygen atoms in total. The van der Waals surface area contributed by atoms with Crippen molar-refractivity contribution >= 4 is 52.9 Å². The first-order valence-corrected chi connectivity index (χ1v) is 10.1. The molecule has 2 amide bonds. The number of para-hydroxylation sites is 1. The minimum absolute atomic E-state index is 0.226. The van der Waals surface area contributed by atoms with Crippen molar-refractivity contribution in [3.05, 3.63) is 93.5 Å². The highest BCUT2D eigenvalue weighted by atomic mass is 35.5. The van der Waals surface area contributed by atoms with E-state index in [1.807, 2.05) is 6.92 Å². The molecule has 0 bridgehead atoms. The zero-order valence-corrected chi connectivity index (χ0v) is 18.3. The number of ether oxygens (including phenoxy) is 1. The maximum Gasteiger partial charge on any atom is 0.343 e. The predicted octanol–water partition coefficient (Wildman–Crippen LogP) is 4.61. The van der Waals surface area contributed by atoms with Crippen LogP contribution in [0.25, 0.3) is 0 Å². The first-order valence-electron chi connectivity index (χ1n) is 9.31. The number of aryl methyl sites for hydroxylation is 1. The monoisotopic (exact) mass is 469 g/mol. The van der Waals surface area contributed by atoms with Crippen LogP contribution in [0.1, 0.15) is 21.5 Å². The summed E-state index contributed by atoms with van der Waals surface area (Å²) < 4.78 is 5.40. The van der Waals surface area contributed by atoms with E-state index in [0.29, 0.717) is 26.9 Å². The summed E-state index contributed by atoms with van der Waals surface area (Å²) >= 11 is 11.8. The Morgan fingerprint density at radius 3 is 2.38 bits per heavy atom. The molecule has 0 aromatic heterocycles. The normalized spacial score (nSPS) is 10.6. The Hall–Kier alpha value is -3.68. The van der Waals surface area contributed by atoms with Gasteiger partial charge in [0.05, 0.1) is 11.8 Å². The van der Waals surface area contributed by atoms with E-state index in [-0.39, 0.29) is 5.75 Å². The molecule has 3 aromatic rings. The lowest BCUT2D eigenvalue weighted by molar-refractivity contribution is -0.136. The van der Waals surface area contributed by atoms with E-state index >= 15 is 0 Å². The predicted molar refractivity (Wildman–Crippen MR) is 123 cm³/mol. The summed E-state index contributed by atoms with van der Waals surface area (Å²) in [4.78, 5) is 36.3. The molecule has 162 valence electrons. The Labute approximate surface area is 194 Å². The smallest absolute Gasteiger partial charge is 0.343 e. The van der Waals surface area contributed by atoms with Crippen molar-refractivity contribution in [1.82, 2.24) is 5.43 Å². The second kappa shape index (κ2) is 10.6. The van der Waals surface area contributed by atoms with Crippen LogP contribution in [0.5, 0.6) is 5.75 Å². The van der Waals surface area contributed by atoms with Crippen LogP contribution in [0.4, 0.5) is 5.69 Å². The largest absolute Gasteiger partial charge is 0.422 e. The van der Waals surface area contributed by atoms with Gasteiger partial charge >= 0.3 is 17.8 Å². The SMILES string of the molecule is Cc1ccc(NC(=O)C(=O)N/N=C/c2ccccc2OC(=O)c2ccc(Cl)cc2)cc1Cl. The van der Waals surface area contributed by atoms with E-state index in [2.05, 4.69) is 15.8 Å². The van der Waals surface area contributed by atoms with Gasteiger partial charge in [-0.25, -0.2) is 10.2 Å². The molecule has 0 spiro atoms. The van der Waals surface area contributed by atoms with Crippen LogP contribution >= 0.6 is 23.2 Å². The fourth-order valence-electron chi connectivity index (χ4n) is 2.49. The number of benzene rings is 3. The molecule has 0 saturated heterocycles. The van der Waals surface area contributed by atoms with Gasteiger partial charge in [0.1, 0.15) is 5.75 Å². The molecule has 32 heavy (non-hydrogen) atoms. The lowest BCUT2D eigenvalue weighted by Gasteiger charge is -2.07. The van der Waals surface area contributed by atoms with Gasteiger partial charge in [0.2, 0.25) is 0 Å². The summed E-state index contributed by atoms with van der Waals surface area (Å²) in [7, 11) is 0. The Morgan fingerprint density at radius 1 is 0.938 bits per heavy atom. The highest BCUT2D eigenvalue weighted by Gasteiger charge is 2.14. The number of nitrogens with one attached hydrogen (secondary N) is 2. The number of hydrogen-bond donors (Lipinski definition) is 2. The number of anilines is 1. The van der Waals surface area contributed by atoms with Gasteiger partial charge in [-0.05, 0) is 61.0 Å². The lowest BCUT2D eigenvalue weighted by Crippen LogP contribution is -2.32. The average molecular weight is 470 g/mol. The molecule has 0 aliphatic carbocycles. The Kier molecular flexibility index (Phi) is 7.59. The van der Waals surface area contributed by atoms with Crippen LogP contribution in [-0.2, 0) is 9.59 Å². The van der Waals surface area contributed by atoms with Crippen LogP contribution in [0.15, 0.2) is 71.8 Å². The van der Waals surface area contributed by atoms with E-state index < -0.39 is 17.8 Å². The fraction of sp³-hybridized carbons (Fsp3) is 0.0435. The molecule has 0 unspecified atom stereocenters. The van der Waals surface area contributed by atoms with Crippen LogP contribution in [0.2, 0.25) is 10.0 Å². The molecule has 2 N–H and O–H groups in total. The third-order valence-corrected chi connectivity index (χ3v) is 4.87. The van der Waals surface area contributed by atoms with Crippen molar-refractivity contribution < 1.29 is 19.1 Å². The number of amides is 2. The summed E-state index contributed by atoms with van der Waals surface area (Å²) in [5.74, 6) is -2.25. The maximum absolute atomic E-state index is 12.3. The topological polar surface area (TPSA) is 96.9 Å². The van der Waals surface area contributed by atoms with Crippen molar-refractivity contribution in [1.29, 1.82) is 0 Å². The van der Waals surface area contributed by atoms with E-state index in [0.717, 1.165) is 5.56 Å². The molecule has 9 heteroatoms. The zero-order chi connectivity index (χ0) is 23.1. The van der Waals surface area contributed by atoms with Gasteiger partial charge in [-0.2, -0.15) is 5.10 Å². The van der Waals surface area contributed by atoms with E-state index in [9.17, 15) is 14.4 Å². The van der Waals surface area contributed by atoms with Crippen LogP contribution in [0.3, 0.4) is 0 Å². The standard InChI is InChI=1S/C23H17Cl2N3O4/c1-14-6-11-18(12-19(14)25)27-21(29)22(30)28-26-13-16-4-2-3-5-20(16)32-23(31)15-7-9-17(24)10-8-15/h2-13H,1H3,(H,27,29)(H,28,30)/b26-13+. The second-order valence-corrected chi connectivity index (χ2v) is 7.40. The number of carbonyl (C=O) groups is 3. The van der Waals surface area contributed by atoms with Gasteiger partial charge in [0, 0.05) is 21.3 Å². The highest BCUT2D eigenvalue weighted by molar-refractivity contribution is 6.40. The fourth-order valence-corrected chi connectivity index (χ4v) is 2.80. The van der Waals surface area contributed by atoms with Crippen molar-refractivity contribution in [2.24, 2.45) is 5.10 Å². The first kappa shape index (κ1) is 23.0. The zero-order valence-electron chi connectivity index (χ0n) is 16.8. The number of rotatable bonds is 5. The van der Waals surface area contributed by atoms with Crippen molar-refractivity contribution in [2.45, 2.75) is 6.92 Å². The quantitative estimate of drug-likeness (QED) is 0.187. The van der Waals surface area contributed by atoms with Gasteiger partial charge in [-0.15, -0.1) is 0 Å². The van der Waals surface area contributed by atoms with Crippen LogP contribution in [0, 0.1) is 6.92 Å². The number of hydrazone groups is 1. The Bertz CT molecular complexity index is 1190. The number of esters is 1.